The molecule has 0 aromatic carbocycles. The van der Waals surface area contributed by atoms with Crippen LogP contribution in [0.4, 0.5) is 0 Å². The lowest BCUT2D eigenvalue weighted by atomic mass is 10.2. The van der Waals surface area contributed by atoms with Gasteiger partial charge in [0.25, 0.3) is 0 Å². The molecule has 2 heterocycles. The topological polar surface area (TPSA) is 12.5 Å². The Morgan fingerprint density at radius 2 is 2.42 bits per heavy atom. The van der Waals surface area contributed by atoms with Crippen LogP contribution in [0.5, 0.6) is 0 Å². The number of morpholine rings is 1. The molecule has 2 nitrogen and oxygen atoms in total. The molecule has 0 bridgehead atoms. The molecular weight excluding hydrogens is 170 g/mol. The summed E-state index contributed by atoms with van der Waals surface area (Å²) in [4.78, 5) is 2.61. The van der Waals surface area contributed by atoms with Crippen LogP contribution in [0, 0.1) is 0 Å². The average molecular weight is 187 g/mol. The molecule has 70 valence electrons. The third-order valence-corrected chi connectivity index (χ3v) is 3.84. The lowest BCUT2D eigenvalue weighted by molar-refractivity contribution is -0.0302. The lowest BCUT2D eigenvalue weighted by Gasteiger charge is -2.35. The fourth-order valence-electron chi connectivity index (χ4n) is 1.99. The molecule has 0 aromatic rings. The minimum Gasteiger partial charge on any atom is -0.376 e. The largest absolute Gasteiger partial charge is 0.376 e. The normalized spacial score (nSPS) is 38.8. The molecule has 2 rings (SSSR count). The Bertz CT molecular complexity index is 147. The van der Waals surface area contributed by atoms with Gasteiger partial charge < -0.3 is 4.74 Å². The molecule has 2 saturated heterocycles. The Hall–Kier alpha value is 0.270. The zero-order valence-electron chi connectivity index (χ0n) is 7.66. The second-order valence-electron chi connectivity index (χ2n) is 3.69. The van der Waals surface area contributed by atoms with Gasteiger partial charge in [-0.1, -0.05) is 0 Å². The first-order chi connectivity index (χ1) is 5.86. The summed E-state index contributed by atoms with van der Waals surface area (Å²) in [6.07, 6.45) is 1.83. The highest BCUT2D eigenvalue weighted by Gasteiger charge is 2.26. The van der Waals surface area contributed by atoms with E-state index in [1.807, 2.05) is 0 Å². The van der Waals surface area contributed by atoms with Crippen molar-refractivity contribution in [2.45, 2.75) is 25.5 Å². The molecule has 12 heavy (non-hydrogen) atoms. The highest BCUT2D eigenvalue weighted by Crippen LogP contribution is 2.23. The highest BCUT2D eigenvalue weighted by atomic mass is 32.2. The highest BCUT2D eigenvalue weighted by molar-refractivity contribution is 7.99. The van der Waals surface area contributed by atoms with Crippen molar-refractivity contribution < 1.29 is 4.74 Å². The summed E-state index contributed by atoms with van der Waals surface area (Å²) in [6, 6.07) is 0.848. The summed E-state index contributed by atoms with van der Waals surface area (Å²) < 4.78 is 5.52. The molecule has 2 aliphatic rings. The van der Waals surface area contributed by atoms with Gasteiger partial charge in [-0.3, -0.25) is 4.90 Å². The van der Waals surface area contributed by atoms with E-state index in [1.54, 1.807) is 0 Å². The molecular formula is C9H17NOS. The third-order valence-electron chi connectivity index (χ3n) is 2.69. The number of hydrogen-bond acceptors (Lipinski definition) is 3. The first kappa shape index (κ1) is 8.85. The third kappa shape index (κ3) is 1.95. The molecule has 0 spiro atoms. The van der Waals surface area contributed by atoms with Gasteiger partial charge in [-0.25, -0.2) is 0 Å². The SMILES string of the molecule is CC1CN(C2CCSC2)CCO1. The molecule has 2 atom stereocenters. The van der Waals surface area contributed by atoms with E-state index in [9.17, 15) is 0 Å². The Morgan fingerprint density at radius 1 is 1.50 bits per heavy atom. The van der Waals surface area contributed by atoms with Crippen molar-refractivity contribution in [3.63, 3.8) is 0 Å². The summed E-state index contributed by atoms with van der Waals surface area (Å²) in [6.45, 7) is 5.40. The van der Waals surface area contributed by atoms with Gasteiger partial charge in [-0.15, -0.1) is 0 Å². The maximum Gasteiger partial charge on any atom is 0.0674 e. The molecule has 0 radical (unpaired) electrons. The van der Waals surface area contributed by atoms with E-state index < -0.39 is 0 Å². The summed E-state index contributed by atoms with van der Waals surface area (Å²) in [5.74, 6) is 2.70. The van der Waals surface area contributed by atoms with Crippen LogP contribution in [-0.2, 0) is 4.74 Å². The Balaban J connectivity index is 1.85. The van der Waals surface area contributed by atoms with Crippen molar-refractivity contribution >= 4 is 11.8 Å². The van der Waals surface area contributed by atoms with Gasteiger partial charge in [-0.05, 0) is 19.1 Å². The monoisotopic (exact) mass is 187 g/mol. The van der Waals surface area contributed by atoms with Gasteiger partial charge in [0.1, 0.15) is 0 Å². The van der Waals surface area contributed by atoms with Crippen LogP contribution in [0.1, 0.15) is 13.3 Å². The van der Waals surface area contributed by atoms with Crippen molar-refractivity contribution in [3.8, 4) is 0 Å². The van der Waals surface area contributed by atoms with Crippen LogP contribution < -0.4 is 0 Å². The van der Waals surface area contributed by atoms with Crippen LogP contribution in [0.2, 0.25) is 0 Å². The Kier molecular flexibility index (Phi) is 2.94. The van der Waals surface area contributed by atoms with E-state index >= 15 is 0 Å². The van der Waals surface area contributed by atoms with E-state index in [4.69, 9.17) is 4.74 Å². The molecule has 3 heteroatoms. The van der Waals surface area contributed by atoms with E-state index in [-0.39, 0.29) is 0 Å². The number of thioether (sulfide) groups is 1. The first-order valence-electron chi connectivity index (χ1n) is 4.79. The van der Waals surface area contributed by atoms with Crippen LogP contribution in [0.15, 0.2) is 0 Å². The molecule has 2 fully saturated rings. The van der Waals surface area contributed by atoms with Gasteiger partial charge in [0.2, 0.25) is 0 Å². The Morgan fingerprint density at radius 3 is 3.08 bits per heavy atom. The van der Waals surface area contributed by atoms with Crippen molar-refractivity contribution in [2.24, 2.45) is 0 Å². The lowest BCUT2D eigenvalue weighted by Crippen LogP contribution is -2.46. The maximum absolute atomic E-state index is 5.52. The van der Waals surface area contributed by atoms with E-state index in [0.717, 1.165) is 25.7 Å². The number of nitrogens with zero attached hydrogens (tertiary/aromatic N) is 1. The average Bonchev–Trinajstić information content (AvgIpc) is 2.56. The van der Waals surface area contributed by atoms with Crippen molar-refractivity contribution in [2.75, 3.05) is 31.2 Å². The molecule has 0 aliphatic carbocycles. The van der Waals surface area contributed by atoms with Gasteiger partial charge in [0.15, 0.2) is 0 Å². The quantitative estimate of drug-likeness (QED) is 0.612. The molecule has 2 unspecified atom stereocenters. The summed E-state index contributed by atoms with van der Waals surface area (Å²) in [7, 11) is 0. The van der Waals surface area contributed by atoms with Crippen molar-refractivity contribution in [1.82, 2.24) is 4.90 Å². The first-order valence-corrected chi connectivity index (χ1v) is 5.95. The maximum atomic E-state index is 5.52. The number of rotatable bonds is 1. The van der Waals surface area contributed by atoms with Crippen molar-refractivity contribution in [1.29, 1.82) is 0 Å². The molecule has 0 N–H and O–H groups in total. The smallest absolute Gasteiger partial charge is 0.0674 e. The van der Waals surface area contributed by atoms with Crippen LogP contribution in [0.25, 0.3) is 0 Å². The molecule has 0 amide bonds. The van der Waals surface area contributed by atoms with Crippen LogP contribution in [0.3, 0.4) is 0 Å². The van der Waals surface area contributed by atoms with Crippen LogP contribution >= 0.6 is 11.8 Å². The Labute approximate surface area is 78.6 Å². The zero-order valence-corrected chi connectivity index (χ0v) is 8.48. The fraction of sp³-hybridized carbons (Fsp3) is 1.00. The van der Waals surface area contributed by atoms with Crippen LogP contribution in [-0.4, -0.2) is 48.2 Å². The zero-order chi connectivity index (χ0) is 8.39. The number of hydrogen-bond donors (Lipinski definition) is 0. The molecule has 0 saturated carbocycles. The summed E-state index contributed by atoms with van der Waals surface area (Å²) >= 11 is 2.09. The number of ether oxygens (including phenoxy) is 1. The van der Waals surface area contributed by atoms with E-state index in [2.05, 4.69) is 23.6 Å². The van der Waals surface area contributed by atoms with Crippen molar-refractivity contribution in [3.05, 3.63) is 0 Å². The molecule has 2 aliphatic heterocycles. The minimum atomic E-state index is 0.448. The van der Waals surface area contributed by atoms with Gasteiger partial charge in [-0.2, -0.15) is 11.8 Å². The molecule has 0 aromatic heterocycles. The predicted molar refractivity (Wildman–Crippen MR) is 52.7 cm³/mol. The van der Waals surface area contributed by atoms with E-state index in [1.165, 1.54) is 17.9 Å². The fourth-order valence-corrected chi connectivity index (χ4v) is 3.24. The van der Waals surface area contributed by atoms with Gasteiger partial charge in [0, 0.05) is 24.9 Å². The van der Waals surface area contributed by atoms with Gasteiger partial charge in [0.05, 0.1) is 12.7 Å². The second-order valence-corrected chi connectivity index (χ2v) is 4.84. The predicted octanol–water partition coefficient (Wildman–Crippen LogP) is 1.21. The minimum absolute atomic E-state index is 0.448. The van der Waals surface area contributed by atoms with Gasteiger partial charge >= 0.3 is 0 Å². The summed E-state index contributed by atoms with van der Waals surface area (Å²) in [5.41, 5.74) is 0. The summed E-state index contributed by atoms with van der Waals surface area (Å²) in [5, 5.41) is 0. The second kappa shape index (κ2) is 3.99. The standard InChI is InChI=1S/C9H17NOS/c1-8-6-10(3-4-11-8)9-2-5-12-7-9/h8-9H,2-7H2,1H3. The van der Waals surface area contributed by atoms with E-state index in [0.29, 0.717) is 6.10 Å².